The van der Waals surface area contributed by atoms with E-state index >= 15 is 0 Å². The lowest BCUT2D eigenvalue weighted by atomic mass is 10.00. The van der Waals surface area contributed by atoms with Crippen LogP contribution in [0.15, 0.2) is 24.3 Å². The van der Waals surface area contributed by atoms with E-state index in [1.807, 2.05) is 42.8 Å². The number of aryl methyl sites for hydroxylation is 2. The van der Waals surface area contributed by atoms with E-state index in [0.717, 1.165) is 42.5 Å². The summed E-state index contributed by atoms with van der Waals surface area (Å²) in [5.74, 6) is 2.58. The number of methoxy groups -OCH3 is 1. The Morgan fingerprint density at radius 3 is 2.64 bits per heavy atom. The molecule has 0 bridgehead atoms. The van der Waals surface area contributed by atoms with Crippen LogP contribution in [0.1, 0.15) is 42.6 Å². The van der Waals surface area contributed by atoms with E-state index in [1.165, 1.54) is 12.8 Å². The molecule has 6 nitrogen and oxygen atoms in total. The predicted octanol–water partition coefficient (Wildman–Crippen LogP) is 2.49. The van der Waals surface area contributed by atoms with Crippen molar-refractivity contribution in [1.29, 1.82) is 0 Å². The smallest absolute Gasteiger partial charge is 0.147 e. The molecule has 0 spiro atoms. The third-order valence-electron chi connectivity index (χ3n) is 5.00. The van der Waals surface area contributed by atoms with Gasteiger partial charge in [0.2, 0.25) is 0 Å². The molecule has 6 heteroatoms. The van der Waals surface area contributed by atoms with Gasteiger partial charge in [0, 0.05) is 12.6 Å². The number of piperidine rings is 1. The van der Waals surface area contributed by atoms with E-state index in [1.54, 1.807) is 7.11 Å². The molecule has 0 aliphatic carbocycles. The van der Waals surface area contributed by atoms with Gasteiger partial charge >= 0.3 is 0 Å². The number of aliphatic hydroxyl groups is 1. The van der Waals surface area contributed by atoms with Gasteiger partial charge in [-0.2, -0.15) is 5.10 Å². The topological polar surface area (TPSA) is 63.4 Å². The highest BCUT2D eigenvalue weighted by atomic mass is 16.5. The van der Waals surface area contributed by atoms with Gasteiger partial charge in [-0.25, -0.2) is 9.67 Å². The first-order chi connectivity index (χ1) is 12.1. The molecule has 1 aromatic carbocycles. The van der Waals surface area contributed by atoms with Crippen LogP contribution in [0.2, 0.25) is 0 Å². The summed E-state index contributed by atoms with van der Waals surface area (Å²) in [5, 5.41) is 15.2. The number of ether oxygens (including phenoxy) is 1. The normalized spacial score (nSPS) is 19.8. The lowest BCUT2D eigenvalue weighted by Crippen LogP contribution is -2.44. The van der Waals surface area contributed by atoms with Crippen LogP contribution in [0, 0.1) is 13.8 Å². The maximum absolute atomic E-state index is 10.7. The molecule has 1 saturated heterocycles. The molecular weight excluding hydrogens is 316 g/mol. The first-order valence-electron chi connectivity index (χ1n) is 9.01. The lowest BCUT2D eigenvalue weighted by molar-refractivity contribution is 0.0588. The standard InChI is InChI=1S/C19H28N4O2/c1-14-20-15(2)23(21-14)12-17-6-4-5-11-22(17)13-19(24)16-7-9-18(25-3)10-8-16/h7-10,17,19,24H,4-6,11-13H2,1-3H3/t17-,19+/m0/s1. The molecule has 2 atom stereocenters. The second kappa shape index (κ2) is 7.97. The molecule has 0 radical (unpaired) electrons. The Bertz CT molecular complexity index is 683. The number of likely N-dealkylation sites (tertiary alicyclic amines) is 1. The third kappa shape index (κ3) is 4.38. The Hall–Kier alpha value is -1.92. The monoisotopic (exact) mass is 344 g/mol. The molecule has 0 saturated carbocycles. The second-order valence-electron chi connectivity index (χ2n) is 6.82. The van der Waals surface area contributed by atoms with Gasteiger partial charge in [0.05, 0.1) is 19.8 Å². The first kappa shape index (κ1) is 17.9. The summed E-state index contributed by atoms with van der Waals surface area (Å²) in [6, 6.07) is 8.06. The molecule has 1 aliphatic heterocycles. The van der Waals surface area contributed by atoms with Crippen LogP contribution in [0.3, 0.4) is 0 Å². The van der Waals surface area contributed by atoms with Crippen LogP contribution in [0.25, 0.3) is 0 Å². The van der Waals surface area contributed by atoms with Gasteiger partial charge in [-0.3, -0.25) is 4.90 Å². The number of aliphatic hydroxyl groups excluding tert-OH is 1. The van der Waals surface area contributed by atoms with Gasteiger partial charge in [0.25, 0.3) is 0 Å². The highest BCUT2D eigenvalue weighted by molar-refractivity contribution is 5.28. The molecule has 0 amide bonds. The molecule has 1 aromatic heterocycles. The van der Waals surface area contributed by atoms with E-state index < -0.39 is 6.10 Å². The molecule has 0 unspecified atom stereocenters. The number of aromatic nitrogens is 3. The van der Waals surface area contributed by atoms with Gasteiger partial charge in [-0.15, -0.1) is 0 Å². The quantitative estimate of drug-likeness (QED) is 0.872. The zero-order valence-electron chi connectivity index (χ0n) is 15.4. The highest BCUT2D eigenvalue weighted by Gasteiger charge is 2.26. The van der Waals surface area contributed by atoms with Crippen molar-refractivity contribution in [3.05, 3.63) is 41.5 Å². The van der Waals surface area contributed by atoms with Crippen LogP contribution >= 0.6 is 0 Å². The zero-order valence-corrected chi connectivity index (χ0v) is 15.4. The zero-order chi connectivity index (χ0) is 17.8. The fourth-order valence-electron chi connectivity index (χ4n) is 3.59. The Labute approximate surface area is 149 Å². The van der Waals surface area contributed by atoms with Crippen LogP contribution in [0.4, 0.5) is 0 Å². The van der Waals surface area contributed by atoms with Crippen molar-refractivity contribution in [2.75, 3.05) is 20.2 Å². The van der Waals surface area contributed by atoms with Gasteiger partial charge in [-0.1, -0.05) is 18.6 Å². The summed E-state index contributed by atoms with van der Waals surface area (Å²) in [5.41, 5.74) is 0.929. The van der Waals surface area contributed by atoms with Gasteiger partial charge in [-0.05, 0) is 50.9 Å². The van der Waals surface area contributed by atoms with Gasteiger partial charge in [0.1, 0.15) is 17.4 Å². The molecular formula is C19H28N4O2. The fraction of sp³-hybridized carbons (Fsp3) is 0.579. The average Bonchev–Trinajstić information content (AvgIpc) is 2.94. The minimum atomic E-state index is -0.495. The molecule has 1 fully saturated rings. The summed E-state index contributed by atoms with van der Waals surface area (Å²) in [6.07, 6.45) is 3.05. The van der Waals surface area contributed by atoms with Crippen molar-refractivity contribution in [2.24, 2.45) is 0 Å². The SMILES string of the molecule is COc1ccc([C@H](O)CN2CCCC[C@H]2Cn2nc(C)nc2C)cc1. The first-order valence-corrected chi connectivity index (χ1v) is 9.01. The van der Waals surface area contributed by atoms with Crippen molar-refractivity contribution in [1.82, 2.24) is 19.7 Å². The maximum Gasteiger partial charge on any atom is 0.147 e. The fourth-order valence-corrected chi connectivity index (χ4v) is 3.59. The molecule has 2 aromatic rings. The lowest BCUT2D eigenvalue weighted by Gasteiger charge is -2.37. The van der Waals surface area contributed by atoms with E-state index in [9.17, 15) is 5.11 Å². The summed E-state index contributed by atoms with van der Waals surface area (Å²) in [4.78, 5) is 6.80. The molecule has 25 heavy (non-hydrogen) atoms. The minimum Gasteiger partial charge on any atom is -0.497 e. The number of benzene rings is 1. The summed E-state index contributed by atoms with van der Waals surface area (Å²) >= 11 is 0. The van der Waals surface area contributed by atoms with Crippen molar-refractivity contribution < 1.29 is 9.84 Å². The number of nitrogens with zero attached hydrogens (tertiary/aromatic N) is 4. The van der Waals surface area contributed by atoms with Crippen LogP contribution in [0.5, 0.6) is 5.75 Å². The van der Waals surface area contributed by atoms with E-state index in [-0.39, 0.29) is 0 Å². The largest absolute Gasteiger partial charge is 0.497 e. The van der Waals surface area contributed by atoms with Crippen LogP contribution in [-0.2, 0) is 6.54 Å². The Kier molecular flexibility index (Phi) is 5.71. The van der Waals surface area contributed by atoms with Crippen molar-refractivity contribution in [3.63, 3.8) is 0 Å². The Morgan fingerprint density at radius 2 is 2.00 bits per heavy atom. The van der Waals surface area contributed by atoms with Gasteiger partial charge < -0.3 is 9.84 Å². The minimum absolute atomic E-state index is 0.390. The molecule has 136 valence electrons. The van der Waals surface area contributed by atoms with E-state index in [2.05, 4.69) is 15.0 Å². The summed E-state index contributed by atoms with van der Waals surface area (Å²) < 4.78 is 7.19. The average molecular weight is 344 g/mol. The second-order valence-corrected chi connectivity index (χ2v) is 6.82. The van der Waals surface area contributed by atoms with Crippen molar-refractivity contribution in [2.45, 2.75) is 51.8 Å². The van der Waals surface area contributed by atoms with Crippen molar-refractivity contribution in [3.8, 4) is 5.75 Å². The van der Waals surface area contributed by atoms with Crippen molar-refractivity contribution >= 4 is 0 Å². The summed E-state index contributed by atoms with van der Waals surface area (Å²) in [6.45, 7) is 6.42. The maximum atomic E-state index is 10.7. The Morgan fingerprint density at radius 1 is 1.24 bits per heavy atom. The van der Waals surface area contributed by atoms with Gasteiger partial charge in [0.15, 0.2) is 0 Å². The number of rotatable bonds is 6. The number of β-amino-alcohol motifs (C(OH)–C–C–N with tert-alkyl or cyclic N) is 1. The highest BCUT2D eigenvalue weighted by Crippen LogP contribution is 2.24. The summed E-state index contributed by atoms with van der Waals surface area (Å²) in [7, 11) is 1.65. The van der Waals surface area contributed by atoms with E-state index in [4.69, 9.17) is 4.74 Å². The molecule has 3 rings (SSSR count). The molecule has 1 N–H and O–H groups in total. The number of hydrogen-bond acceptors (Lipinski definition) is 5. The molecule has 2 heterocycles. The van der Waals surface area contributed by atoms with Crippen LogP contribution in [-0.4, -0.2) is 51.0 Å². The Balaban J connectivity index is 1.66. The van der Waals surface area contributed by atoms with Crippen LogP contribution < -0.4 is 4.74 Å². The van der Waals surface area contributed by atoms with E-state index in [0.29, 0.717) is 12.6 Å². The predicted molar refractivity (Wildman–Crippen MR) is 96.7 cm³/mol. The third-order valence-corrected chi connectivity index (χ3v) is 5.00. The number of hydrogen-bond donors (Lipinski definition) is 1. The molecule has 1 aliphatic rings.